The first-order valence-corrected chi connectivity index (χ1v) is 10.4. The van der Waals surface area contributed by atoms with Crippen LogP contribution in [-0.2, 0) is 9.59 Å². The third kappa shape index (κ3) is 4.10. The van der Waals surface area contributed by atoms with Crippen molar-refractivity contribution in [1.82, 2.24) is 4.98 Å². The number of para-hydroxylation sites is 1. The van der Waals surface area contributed by atoms with Crippen molar-refractivity contribution in [2.45, 2.75) is 13.0 Å². The highest BCUT2D eigenvalue weighted by atomic mass is 35.5. The van der Waals surface area contributed by atoms with Gasteiger partial charge in [-0.1, -0.05) is 23.7 Å². The number of nitrogens with zero attached hydrogens (tertiary/aromatic N) is 2. The number of benzene rings is 2. The molecule has 1 aliphatic heterocycles. The summed E-state index contributed by atoms with van der Waals surface area (Å²) in [5.41, 5.74) is 2.18. The van der Waals surface area contributed by atoms with Gasteiger partial charge in [0, 0.05) is 18.0 Å². The molecule has 4 rings (SSSR count). The summed E-state index contributed by atoms with van der Waals surface area (Å²) in [6.45, 7) is 1.54. The predicted molar refractivity (Wildman–Crippen MR) is 117 cm³/mol. The average Bonchev–Trinajstić information content (AvgIpc) is 3.20. The molecule has 0 fully saturated rings. The highest BCUT2D eigenvalue weighted by Gasteiger charge is 2.29. The molecule has 7 nitrogen and oxygen atoms in total. The van der Waals surface area contributed by atoms with E-state index in [0.29, 0.717) is 33.0 Å². The van der Waals surface area contributed by atoms with Crippen molar-refractivity contribution in [2.24, 2.45) is 0 Å². The Balaban J connectivity index is 1.44. The van der Waals surface area contributed by atoms with Crippen molar-refractivity contribution in [2.75, 3.05) is 23.9 Å². The number of likely N-dealkylation sites (N-methyl/N-ethyl adjacent to an activating group) is 1. The molecule has 3 aromatic rings. The first-order valence-electron chi connectivity index (χ1n) is 9.13. The number of fused-ring (bicyclic) bond motifs is 1. The molecule has 9 heteroatoms. The van der Waals surface area contributed by atoms with Crippen LogP contribution in [-0.4, -0.2) is 36.6 Å². The topological polar surface area (TPSA) is 80.8 Å². The molecule has 1 atom stereocenters. The molecule has 1 unspecified atom stereocenters. The zero-order chi connectivity index (χ0) is 21.3. The normalized spacial score (nSPS) is 15.4. The average molecular weight is 444 g/mol. The fourth-order valence-electron chi connectivity index (χ4n) is 2.99. The van der Waals surface area contributed by atoms with E-state index in [-0.39, 0.29) is 18.4 Å². The third-order valence-corrected chi connectivity index (χ3v) is 5.61. The van der Waals surface area contributed by atoms with Crippen LogP contribution >= 0.6 is 22.9 Å². The van der Waals surface area contributed by atoms with Crippen LogP contribution in [0.3, 0.4) is 0 Å². The second-order valence-corrected chi connectivity index (χ2v) is 7.91. The van der Waals surface area contributed by atoms with Gasteiger partial charge < -0.3 is 14.4 Å². The van der Waals surface area contributed by atoms with Crippen molar-refractivity contribution in [3.63, 3.8) is 0 Å². The second-order valence-electron chi connectivity index (χ2n) is 6.65. The quantitative estimate of drug-likeness (QED) is 0.638. The fraction of sp³-hybridized carbons (Fsp3) is 0.190. The van der Waals surface area contributed by atoms with Gasteiger partial charge >= 0.3 is 0 Å². The van der Waals surface area contributed by atoms with Gasteiger partial charge in [0.15, 0.2) is 17.8 Å². The lowest BCUT2D eigenvalue weighted by Crippen LogP contribution is -2.41. The second kappa shape index (κ2) is 8.33. The van der Waals surface area contributed by atoms with E-state index in [0.717, 1.165) is 5.56 Å². The molecule has 1 N–H and O–H groups in total. The van der Waals surface area contributed by atoms with Crippen LogP contribution in [0.4, 0.5) is 10.8 Å². The van der Waals surface area contributed by atoms with Gasteiger partial charge in [0.1, 0.15) is 11.5 Å². The molecular formula is C21H18ClN3O4S. The van der Waals surface area contributed by atoms with E-state index in [2.05, 4.69) is 10.3 Å². The van der Waals surface area contributed by atoms with Crippen molar-refractivity contribution in [3.8, 4) is 22.8 Å². The van der Waals surface area contributed by atoms with E-state index in [9.17, 15) is 9.59 Å². The molecule has 0 saturated heterocycles. The van der Waals surface area contributed by atoms with Gasteiger partial charge in [-0.3, -0.25) is 14.9 Å². The molecule has 0 aliphatic carbocycles. The number of hydrogen-bond acceptors (Lipinski definition) is 6. The van der Waals surface area contributed by atoms with Crippen LogP contribution in [0.2, 0.25) is 5.02 Å². The van der Waals surface area contributed by atoms with Crippen LogP contribution in [0.15, 0.2) is 47.8 Å². The molecule has 0 bridgehead atoms. The molecule has 30 heavy (non-hydrogen) atoms. The van der Waals surface area contributed by atoms with E-state index in [1.165, 1.54) is 11.3 Å². The lowest BCUT2D eigenvalue weighted by Gasteiger charge is -2.30. The summed E-state index contributed by atoms with van der Waals surface area (Å²) in [5.74, 6) is 0.644. The minimum absolute atomic E-state index is 0.107. The Labute approximate surface area is 182 Å². The lowest BCUT2D eigenvalue weighted by atomic mass is 10.1. The number of carbonyl (C=O) groups is 2. The van der Waals surface area contributed by atoms with Gasteiger partial charge in [0.2, 0.25) is 0 Å². The first kappa shape index (κ1) is 20.2. The summed E-state index contributed by atoms with van der Waals surface area (Å²) in [4.78, 5) is 30.4. The van der Waals surface area contributed by atoms with Crippen molar-refractivity contribution >= 4 is 45.6 Å². The van der Waals surface area contributed by atoms with E-state index < -0.39 is 6.10 Å². The Morgan fingerprint density at radius 2 is 2.13 bits per heavy atom. The maximum atomic E-state index is 12.2. The number of carbonyl (C=O) groups excluding carboxylic acids is 2. The minimum atomic E-state index is -0.512. The Morgan fingerprint density at radius 1 is 1.33 bits per heavy atom. The SMILES string of the molecule is CC1Oc2ccc(-c3csc(NC(=O)COc4ccccc4Cl)n3)cc2N(C)C1=O. The highest BCUT2D eigenvalue weighted by Crippen LogP contribution is 2.37. The summed E-state index contributed by atoms with van der Waals surface area (Å²) in [6, 6.07) is 12.5. The third-order valence-electron chi connectivity index (χ3n) is 4.54. The Morgan fingerprint density at radius 3 is 2.93 bits per heavy atom. The smallest absolute Gasteiger partial charge is 0.267 e. The maximum Gasteiger partial charge on any atom is 0.267 e. The van der Waals surface area contributed by atoms with E-state index in [1.807, 2.05) is 23.6 Å². The van der Waals surface area contributed by atoms with Gasteiger partial charge in [0.25, 0.3) is 11.8 Å². The molecule has 154 valence electrons. The van der Waals surface area contributed by atoms with E-state index >= 15 is 0 Å². The molecule has 0 saturated carbocycles. The van der Waals surface area contributed by atoms with Crippen molar-refractivity contribution in [1.29, 1.82) is 0 Å². The number of anilines is 2. The van der Waals surface area contributed by atoms with Crippen molar-refractivity contribution < 1.29 is 19.1 Å². The van der Waals surface area contributed by atoms with E-state index in [1.54, 1.807) is 43.1 Å². The molecule has 1 aromatic heterocycles. The number of nitrogens with one attached hydrogen (secondary N) is 1. The molecule has 2 aromatic carbocycles. The number of amides is 2. The zero-order valence-electron chi connectivity index (χ0n) is 16.2. The van der Waals surface area contributed by atoms with Crippen LogP contribution in [0.25, 0.3) is 11.3 Å². The predicted octanol–water partition coefficient (Wildman–Crippen LogP) is 4.22. The Bertz CT molecular complexity index is 1120. The molecular weight excluding hydrogens is 426 g/mol. The number of hydrogen-bond donors (Lipinski definition) is 1. The van der Waals surface area contributed by atoms with Crippen LogP contribution < -0.4 is 19.7 Å². The molecule has 1 aliphatic rings. The summed E-state index contributed by atoms with van der Waals surface area (Å²) in [5, 5.41) is 5.44. The van der Waals surface area contributed by atoms with Gasteiger partial charge in [-0.05, 0) is 37.3 Å². The maximum absolute atomic E-state index is 12.2. The number of thiazole rings is 1. The summed E-state index contributed by atoms with van der Waals surface area (Å²) in [7, 11) is 1.72. The van der Waals surface area contributed by atoms with Gasteiger partial charge in [-0.25, -0.2) is 4.98 Å². The molecule has 0 radical (unpaired) electrons. The first-order chi connectivity index (χ1) is 14.4. The van der Waals surface area contributed by atoms with Gasteiger partial charge in [-0.2, -0.15) is 0 Å². The number of halogens is 1. The molecule has 2 amide bonds. The van der Waals surface area contributed by atoms with Crippen LogP contribution in [0.5, 0.6) is 11.5 Å². The van der Waals surface area contributed by atoms with Crippen LogP contribution in [0.1, 0.15) is 6.92 Å². The van der Waals surface area contributed by atoms with Crippen LogP contribution in [0, 0.1) is 0 Å². The summed E-state index contributed by atoms with van der Waals surface area (Å²) in [6.07, 6.45) is -0.512. The summed E-state index contributed by atoms with van der Waals surface area (Å²) < 4.78 is 11.1. The highest BCUT2D eigenvalue weighted by molar-refractivity contribution is 7.14. The zero-order valence-corrected chi connectivity index (χ0v) is 17.8. The van der Waals surface area contributed by atoms with Gasteiger partial charge in [-0.15, -0.1) is 11.3 Å². The Hall–Kier alpha value is -3.10. The fourth-order valence-corrected chi connectivity index (χ4v) is 3.92. The van der Waals surface area contributed by atoms with Crippen molar-refractivity contribution in [3.05, 3.63) is 52.9 Å². The number of ether oxygens (including phenoxy) is 2. The Kier molecular flexibility index (Phi) is 5.61. The van der Waals surface area contributed by atoms with E-state index in [4.69, 9.17) is 21.1 Å². The number of rotatable bonds is 5. The standard InChI is InChI=1S/C21H18ClN3O4S/c1-12-20(27)25(2)16-9-13(7-8-18(16)29-12)15-11-30-21(23-15)24-19(26)10-28-17-6-4-3-5-14(17)22/h3-9,11-12H,10H2,1-2H3,(H,23,24,26). The number of aromatic nitrogens is 1. The summed E-state index contributed by atoms with van der Waals surface area (Å²) >= 11 is 7.32. The monoisotopic (exact) mass is 443 g/mol. The molecule has 2 heterocycles. The largest absolute Gasteiger partial charge is 0.482 e. The van der Waals surface area contributed by atoms with Gasteiger partial charge in [0.05, 0.1) is 16.4 Å². The molecule has 0 spiro atoms. The lowest BCUT2D eigenvalue weighted by molar-refractivity contribution is -0.125. The minimum Gasteiger partial charge on any atom is -0.482 e.